The smallest absolute Gasteiger partial charge is 0.309 e. The maximum Gasteiger partial charge on any atom is 0.309 e. The zero-order valence-electron chi connectivity index (χ0n) is 23.4. The number of phenolic OH excluding ortho intramolecular Hbond substituents is 1. The van der Waals surface area contributed by atoms with Crippen LogP contribution in [0.25, 0.3) is 11.1 Å². The zero-order valence-corrected chi connectivity index (χ0v) is 23.4. The summed E-state index contributed by atoms with van der Waals surface area (Å²) < 4.78 is 36.3. The van der Waals surface area contributed by atoms with E-state index in [0.29, 0.717) is 47.9 Å². The number of aryl methyl sites for hydroxylation is 1. The van der Waals surface area contributed by atoms with Gasteiger partial charge in [-0.1, -0.05) is 19.1 Å². The highest BCUT2D eigenvalue weighted by Gasteiger charge is 2.39. The highest BCUT2D eigenvalue weighted by molar-refractivity contribution is 5.73. The monoisotopic (exact) mass is 566 g/mol. The van der Waals surface area contributed by atoms with Gasteiger partial charge in [-0.15, -0.1) is 0 Å². The molecule has 2 N–H and O–H groups in total. The number of methoxy groups -OCH3 is 2. The third-order valence-electron chi connectivity index (χ3n) is 7.93. The Labute approximate surface area is 238 Å². The molecule has 2 aromatic heterocycles. The topological polar surface area (TPSA) is 120 Å². The number of aliphatic hydroxyl groups is 1. The summed E-state index contributed by atoms with van der Waals surface area (Å²) in [6, 6.07) is 8.66. The van der Waals surface area contributed by atoms with Crippen LogP contribution in [0.2, 0.25) is 0 Å². The molecule has 1 saturated carbocycles. The minimum absolute atomic E-state index is 0.0145. The number of aromatic nitrogens is 2. The summed E-state index contributed by atoms with van der Waals surface area (Å²) in [6.07, 6.45) is 3.65. The first kappa shape index (κ1) is 28.9. The summed E-state index contributed by atoms with van der Waals surface area (Å²) in [5.41, 5.74) is 3.18. The standard InChI is InChI=1S/C31H35FN2O7/c1-17(30(37)39-3)29(19-5-6-19)20-7-4-18(27(36)12-20)8-9-26(35)25-13-22(31-40-10-11-41-31)23(15-33-25)21-14-28(38-2)34-16-24(21)32/h4,7,12-17,19,26,29,31,35-36H,5-6,8-11H2,1-3H3/t17-,26?,29-/m0/s1. The Hall–Kier alpha value is -3.60. The number of hydrogen-bond acceptors (Lipinski definition) is 9. The van der Waals surface area contributed by atoms with Gasteiger partial charge in [-0.05, 0) is 60.8 Å². The van der Waals surface area contributed by atoms with E-state index >= 15 is 0 Å². The van der Waals surface area contributed by atoms with Crippen molar-refractivity contribution in [3.8, 4) is 22.8 Å². The van der Waals surface area contributed by atoms with E-state index in [0.717, 1.165) is 24.6 Å². The van der Waals surface area contributed by atoms with Crippen LogP contribution < -0.4 is 4.74 Å². The third-order valence-corrected chi connectivity index (χ3v) is 7.93. The molecular formula is C31H35FN2O7. The molecule has 9 nitrogen and oxygen atoms in total. The van der Waals surface area contributed by atoms with Crippen LogP contribution in [0.4, 0.5) is 4.39 Å². The zero-order chi connectivity index (χ0) is 29.1. The minimum Gasteiger partial charge on any atom is -0.508 e. The number of esters is 1. The number of carbonyl (C=O) groups excluding carboxylic acids is 1. The highest BCUT2D eigenvalue weighted by Crippen LogP contribution is 2.47. The number of nitrogens with zero attached hydrogens (tertiary/aromatic N) is 2. The van der Waals surface area contributed by atoms with Crippen molar-refractivity contribution < 1.29 is 38.3 Å². The van der Waals surface area contributed by atoms with Crippen LogP contribution in [0.15, 0.2) is 42.7 Å². The maximum absolute atomic E-state index is 14.8. The van der Waals surface area contributed by atoms with Crippen LogP contribution in [0.3, 0.4) is 0 Å². The van der Waals surface area contributed by atoms with Gasteiger partial charge in [-0.2, -0.15) is 0 Å². The molecule has 1 aromatic carbocycles. The van der Waals surface area contributed by atoms with Gasteiger partial charge in [0.25, 0.3) is 0 Å². The highest BCUT2D eigenvalue weighted by atomic mass is 19.1. The molecule has 2 aliphatic rings. The second-order valence-corrected chi connectivity index (χ2v) is 10.6. The van der Waals surface area contributed by atoms with E-state index in [9.17, 15) is 19.4 Å². The number of aliphatic hydroxyl groups excluding tert-OH is 1. The average molecular weight is 567 g/mol. The van der Waals surface area contributed by atoms with Crippen molar-refractivity contribution in [2.45, 2.75) is 50.9 Å². The summed E-state index contributed by atoms with van der Waals surface area (Å²) in [4.78, 5) is 20.5. The van der Waals surface area contributed by atoms with Gasteiger partial charge in [-0.25, -0.2) is 9.37 Å². The second-order valence-electron chi connectivity index (χ2n) is 10.6. The first-order chi connectivity index (χ1) is 19.8. The van der Waals surface area contributed by atoms with Crippen molar-refractivity contribution in [3.05, 3.63) is 70.9 Å². The van der Waals surface area contributed by atoms with Crippen LogP contribution in [-0.2, 0) is 25.4 Å². The lowest BCUT2D eigenvalue weighted by atomic mass is 9.82. The van der Waals surface area contributed by atoms with E-state index in [4.69, 9.17) is 18.9 Å². The Kier molecular flexibility index (Phi) is 8.82. The molecule has 0 radical (unpaired) electrons. The molecule has 1 unspecified atom stereocenters. The van der Waals surface area contributed by atoms with Gasteiger partial charge >= 0.3 is 5.97 Å². The molecule has 0 spiro atoms. The first-order valence-electron chi connectivity index (χ1n) is 13.8. The minimum atomic E-state index is -0.960. The van der Waals surface area contributed by atoms with Gasteiger partial charge in [-0.3, -0.25) is 9.78 Å². The van der Waals surface area contributed by atoms with Gasteiger partial charge in [0.2, 0.25) is 5.88 Å². The number of phenols is 1. The largest absolute Gasteiger partial charge is 0.508 e. The molecule has 3 aromatic rings. The summed E-state index contributed by atoms with van der Waals surface area (Å²) in [5.74, 6) is -0.365. The molecule has 1 aliphatic carbocycles. The van der Waals surface area contributed by atoms with Gasteiger partial charge in [0.15, 0.2) is 6.29 Å². The molecule has 2 fully saturated rings. The Morgan fingerprint density at radius 2 is 1.85 bits per heavy atom. The van der Waals surface area contributed by atoms with E-state index in [-0.39, 0.29) is 41.4 Å². The van der Waals surface area contributed by atoms with E-state index < -0.39 is 18.2 Å². The fourth-order valence-corrected chi connectivity index (χ4v) is 5.56. The van der Waals surface area contributed by atoms with Gasteiger partial charge in [0.05, 0.1) is 51.3 Å². The lowest BCUT2D eigenvalue weighted by Gasteiger charge is -2.23. The second kappa shape index (κ2) is 12.5. The van der Waals surface area contributed by atoms with Crippen LogP contribution in [0.5, 0.6) is 11.6 Å². The normalized spacial score (nSPS) is 17.7. The Balaban J connectivity index is 1.34. The predicted octanol–water partition coefficient (Wildman–Crippen LogP) is 5.01. The van der Waals surface area contributed by atoms with Crippen molar-refractivity contribution in [2.75, 3.05) is 27.4 Å². The number of carbonyl (C=O) groups is 1. The van der Waals surface area contributed by atoms with Gasteiger partial charge in [0, 0.05) is 29.0 Å². The Morgan fingerprint density at radius 1 is 1.10 bits per heavy atom. The number of ether oxygens (including phenoxy) is 4. The number of hydrogen-bond donors (Lipinski definition) is 2. The lowest BCUT2D eigenvalue weighted by molar-refractivity contribution is -0.145. The number of halogens is 1. The lowest BCUT2D eigenvalue weighted by Crippen LogP contribution is -2.22. The predicted molar refractivity (Wildman–Crippen MR) is 147 cm³/mol. The van der Waals surface area contributed by atoms with Crippen LogP contribution in [0.1, 0.15) is 66.9 Å². The number of aromatic hydroxyl groups is 1. The van der Waals surface area contributed by atoms with E-state index in [1.807, 2.05) is 19.1 Å². The molecule has 10 heteroatoms. The van der Waals surface area contributed by atoms with Crippen LogP contribution in [-0.4, -0.2) is 53.6 Å². The fraction of sp³-hybridized carbons (Fsp3) is 0.452. The number of pyridine rings is 2. The molecule has 1 saturated heterocycles. The molecule has 5 rings (SSSR count). The quantitative estimate of drug-likeness (QED) is 0.309. The molecule has 0 bridgehead atoms. The van der Waals surface area contributed by atoms with Crippen molar-refractivity contribution in [1.82, 2.24) is 9.97 Å². The third kappa shape index (κ3) is 6.34. The van der Waals surface area contributed by atoms with Crippen molar-refractivity contribution in [3.63, 3.8) is 0 Å². The van der Waals surface area contributed by atoms with Crippen molar-refractivity contribution in [2.24, 2.45) is 11.8 Å². The maximum atomic E-state index is 14.8. The molecule has 1 aliphatic heterocycles. The molecule has 3 atom stereocenters. The summed E-state index contributed by atoms with van der Waals surface area (Å²) >= 11 is 0. The van der Waals surface area contributed by atoms with Gasteiger partial charge in [0.1, 0.15) is 11.6 Å². The van der Waals surface area contributed by atoms with Gasteiger partial charge < -0.3 is 29.2 Å². The van der Waals surface area contributed by atoms with E-state index in [1.54, 1.807) is 12.1 Å². The Morgan fingerprint density at radius 3 is 2.51 bits per heavy atom. The van der Waals surface area contributed by atoms with Crippen molar-refractivity contribution in [1.29, 1.82) is 0 Å². The first-order valence-corrected chi connectivity index (χ1v) is 13.8. The van der Waals surface area contributed by atoms with Crippen LogP contribution in [0, 0.1) is 17.7 Å². The summed E-state index contributed by atoms with van der Waals surface area (Å²) in [5, 5.41) is 21.9. The molecule has 0 amide bonds. The number of rotatable bonds is 11. The van der Waals surface area contributed by atoms with E-state index in [2.05, 4.69) is 9.97 Å². The summed E-state index contributed by atoms with van der Waals surface area (Å²) in [7, 11) is 2.84. The van der Waals surface area contributed by atoms with Crippen LogP contribution >= 0.6 is 0 Å². The molecule has 218 valence electrons. The van der Waals surface area contributed by atoms with E-state index in [1.165, 1.54) is 26.5 Å². The number of benzene rings is 1. The Bertz CT molecular complexity index is 1390. The molecule has 41 heavy (non-hydrogen) atoms. The fourth-order valence-electron chi connectivity index (χ4n) is 5.56. The van der Waals surface area contributed by atoms with Crippen molar-refractivity contribution >= 4 is 5.97 Å². The molecule has 3 heterocycles. The SMILES string of the molecule is COC(=O)[C@@H](C)[C@H](c1ccc(CCC(O)c2cc(C3OCCO3)c(-c3cc(OC)ncc3F)cn2)c(O)c1)C1CC1. The molecular weight excluding hydrogens is 531 g/mol. The summed E-state index contributed by atoms with van der Waals surface area (Å²) in [6.45, 7) is 2.65. The average Bonchev–Trinajstić information content (AvgIpc) is 3.66.